The van der Waals surface area contributed by atoms with Gasteiger partial charge in [-0.3, -0.25) is 0 Å². The summed E-state index contributed by atoms with van der Waals surface area (Å²) in [6, 6.07) is 8.53. The van der Waals surface area contributed by atoms with Crippen molar-refractivity contribution in [1.29, 1.82) is 0 Å². The van der Waals surface area contributed by atoms with Gasteiger partial charge in [0.2, 0.25) is 0 Å². The second-order valence-corrected chi connectivity index (χ2v) is 8.44. The Hall–Kier alpha value is -0.330. The predicted octanol–water partition coefficient (Wildman–Crippen LogP) is 4.86. The van der Waals surface area contributed by atoms with Gasteiger partial charge in [0.25, 0.3) is 0 Å². The third-order valence-electron chi connectivity index (χ3n) is 3.45. The molecule has 0 saturated heterocycles. The fourth-order valence-corrected chi connectivity index (χ4v) is 5.54. The van der Waals surface area contributed by atoms with Gasteiger partial charge in [-0.25, -0.2) is 0 Å². The molecule has 0 nitrogen and oxygen atoms in total. The number of hydrogen-bond acceptors (Lipinski definition) is 5. The molecule has 0 aliphatic carbocycles. The molecule has 0 atom stereocenters. The van der Waals surface area contributed by atoms with Crippen LogP contribution in [0.15, 0.2) is 24.3 Å². The van der Waals surface area contributed by atoms with Crippen molar-refractivity contribution in [3.8, 4) is 0 Å². The lowest BCUT2D eigenvalue weighted by molar-refractivity contribution is 1.46. The summed E-state index contributed by atoms with van der Waals surface area (Å²) in [5.74, 6) is 0.943. The van der Waals surface area contributed by atoms with Crippen LogP contribution in [0.3, 0.4) is 0 Å². The molecule has 0 unspecified atom stereocenters. The van der Waals surface area contributed by atoms with Crippen LogP contribution in [0.4, 0.5) is 0 Å². The maximum Gasteiger partial charge on any atom is 0.0840 e. The zero-order valence-corrected chi connectivity index (χ0v) is 13.6. The molecule has 0 saturated carbocycles. The molecule has 2 aromatic carbocycles. The van der Waals surface area contributed by atoms with Crippen LogP contribution in [0.1, 0.15) is 22.3 Å². The smallest absolute Gasteiger partial charge is 0.0840 e. The molecule has 92 valence electrons. The molecule has 2 aliphatic rings. The third-order valence-corrected chi connectivity index (χ3v) is 6.71. The van der Waals surface area contributed by atoms with Crippen molar-refractivity contribution in [2.24, 2.45) is 0 Å². The van der Waals surface area contributed by atoms with Crippen LogP contribution in [0.2, 0.25) is 0 Å². The molecule has 0 bridgehead atoms. The van der Waals surface area contributed by atoms with Crippen LogP contribution < -0.4 is 0 Å². The third kappa shape index (κ3) is 1.69. The van der Waals surface area contributed by atoms with Gasteiger partial charge in [-0.15, -0.1) is 11.8 Å². The van der Waals surface area contributed by atoms with E-state index in [1.165, 1.54) is 33.7 Å². The highest BCUT2D eigenvalue weighted by molar-refractivity contribution is 8.39. The van der Waals surface area contributed by atoms with Crippen molar-refractivity contribution in [3.05, 3.63) is 46.5 Å². The lowest BCUT2D eigenvalue weighted by Gasteiger charge is -2.24. The van der Waals surface area contributed by atoms with Crippen molar-refractivity contribution in [2.75, 3.05) is 0 Å². The maximum absolute atomic E-state index is 5.49. The van der Waals surface area contributed by atoms with Crippen molar-refractivity contribution < 1.29 is 0 Å². The molecule has 2 aromatic rings. The summed E-state index contributed by atoms with van der Waals surface area (Å²) in [5, 5.41) is 2.48. The average Bonchev–Trinajstić information content (AvgIpc) is 2.41. The topological polar surface area (TPSA) is 0 Å². The highest BCUT2D eigenvalue weighted by atomic mass is 32.2. The molecule has 5 heteroatoms. The Morgan fingerprint density at radius 3 is 2.00 bits per heavy atom. The van der Waals surface area contributed by atoms with E-state index in [4.69, 9.17) is 36.7 Å². The number of thiocarbonyl (C=S) groups is 3. The van der Waals surface area contributed by atoms with Gasteiger partial charge in [0.1, 0.15) is 0 Å². The second kappa shape index (κ2) is 4.33. The van der Waals surface area contributed by atoms with Gasteiger partial charge in [-0.2, -0.15) is 0 Å². The summed E-state index contributed by atoms with van der Waals surface area (Å²) < 4.78 is 2.74. The summed E-state index contributed by atoms with van der Waals surface area (Å²) in [5.41, 5.74) is 4.78. The van der Waals surface area contributed by atoms with E-state index in [0.29, 0.717) is 0 Å². The molecular weight excluding hydrogens is 328 g/mol. The normalized spacial score (nSPS) is 17.2. The zero-order valence-electron chi connectivity index (χ0n) is 9.56. The fourth-order valence-electron chi connectivity index (χ4n) is 2.61. The predicted molar refractivity (Wildman–Crippen MR) is 97.9 cm³/mol. The molecule has 0 spiro atoms. The van der Waals surface area contributed by atoms with E-state index in [0.717, 1.165) is 29.5 Å². The molecule has 0 radical (unpaired) electrons. The maximum atomic E-state index is 5.49. The van der Waals surface area contributed by atoms with Gasteiger partial charge < -0.3 is 0 Å². The average molecular weight is 335 g/mol. The van der Waals surface area contributed by atoms with Crippen LogP contribution in [0, 0.1) is 0 Å². The minimum absolute atomic E-state index is 0.880. The first-order valence-corrected chi connectivity index (χ1v) is 8.72. The molecule has 19 heavy (non-hydrogen) atoms. The van der Waals surface area contributed by atoms with Crippen LogP contribution in [0.5, 0.6) is 0 Å². The Kier molecular flexibility index (Phi) is 2.83. The van der Waals surface area contributed by atoms with E-state index in [-0.39, 0.29) is 0 Å². The van der Waals surface area contributed by atoms with E-state index in [1.807, 2.05) is 0 Å². The Labute approximate surface area is 135 Å². The zero-order chi connectivity index (χ0) is 13.1. The summed E-state index contributed by atoms with van der Waals surface area (Å²) >= 11 is 19.7. The number of benzene rings is 2. The Balaban J connectivity index is 2.27. The van der Waals surface area contributed by atoms with Crippen molar-refractivity contribution in [3.63, 3.8) is 0 Å². The van der Waals surface area contributed by atoms with Crippen LogP contribution in [0.25, 0.3) is 10.8 Å². The lowest BCUT2D eigenvalue weighted by atomic mass is 9.93. The standard InChI is InChI=1S/C14H6S5/c15-12-7-3-4-9-11-8(13(16)19-14(9)17)2-1-6(5-18-12)10(7)11/h1-4H,5H2. The first-order valence-electron chi connectivity index (χ1n) is 5.69. The summed E-state index contributed by atoms with van der Waals surface area (Å²) in [6.07, 6.45) is 0. The van der Waals surface area contributed by atoms with Gasteiger partial charge in [0, 0.05) is 27.8 Å². The van der Waals surface area contributed by atoms with Gasteiger partial charge in [-0.1, -0.05) is 72.7 Å². The van der Waals surface area contributed by atoms with Gasteiger partial charge in [-0.05, 0) is 10.9 Å². The lowest BCUT2D eigenvalue weighted by Crippen LogP contribution is -2.13. The summed E-state index contributed by atoms with van der Waals surface area (Å²) in [6.45, 7) is 0. The van der Waals surface area contributed by atoms with Gasteiger partial charge in [0.15, 0.2) is 0 Å². The molecule has 2 aliphatic heterocycles. The first kappa shape index (κ1) is 12.4. The number of rotatable bonds is 0. The van der Waals surface area contributed by atoms with E-state index in [9.17, 15) is 0 Å². The Morgan fingerprint density at radius 2 is 1.32 bits per heavy atom. The Bertz CT molecular complexity index is 783. The molecule has 0 aromatic heterocycles. The Morgan fingerprint density at radius 1 is 0.737 bits per heavy atom. The van der Waals surface area contributed by atoms with E-state index in [2.05, 4.69) is 24.3 Å². The monoisotopic (exact) mass is 334 g/mol. The SMILES string of the molecule is S=C1SCc2ccc3c4c(ccc1c24)C(=S)SC3=S. The molecule has 0 N–H and O–H groups in total. The molecule has 0 amide bonds. The van der Waals surface area contributed by atoms with Crippen molar-refractivity contribution in [2.45, 2.75) is 5.75 Å². The van der Waals surface area contributed by atoms with Gasteiger partial charge >= 0.3 is 0 Å². The highest BCUT2D eigenvalue weighted by Crippen LogP contribution is 2.42. The van der Waals surface area contributed by atoms with Crippen LogP contribution in [-0.4, -0.2) is 12.6 Å². The number of thioether (sulfide) groups is 2. The molecular formula is C14H6S5. The summed E-state index contributed by atoms with van der Waals surface area (Å²) in [7, 11) is 0. The second-order valence-electron chi connectivity index (χ2n) is 4.44. The molecule has 2 heterocycles. The molecule has 0 fully saturated rings. The van der Waals surface area contributed by atoms with Gasteiger partial charge in [0.05, 0.1) is 12.6 Å². The minimum Gasteiger partial charge on any atom is -0.109 e. The number of hydrogen-bond donors (Lipinski definition) is 0. The molecule has 4 rings (SSSR count). The summed E-state index contributed by atoms with van der Waals surface area (Å²) in [4.78, 5) is 0. The quantitative estimate of drug-likeness (QED) is 0.629. The van der Waals surface area contributed by atoms with Crippen LogP contribution >= 0.6 is 60.2 Å². The minimum atomic E-state index is 0.880. The fraction of sp³-hybridized carbons (Fsp3) is 0.0714. The van der Waals surface area contributed by atoms with Crippen molar-refractivity contribution in [1.82, 2.24) is 0 Å². The highest BCUT2D eigenvalue weighted by Gasteiger charge is 2.26. The largest absolute Gasteiger partial charge is 0.109 e. The van der Waals surface area contributed by atoms with E-state index in [1.54, 1.807) is 11.8 Å². The van der Waals surface area contributed by atoms with E-state index < -0.39 is 0 Å². The van der Waals surface area contributed by atoms with Crippen LogP contribution in [-0.2, 0) is 5.75 Å². The van der Waals surface area contributed by atoms with Crippen molar-refractivity contribution >= 4 is 83.5 Å². The van der Waals surface area contributed by atoms with E-state index >= 15 is 0 Å². The first-order chi connectivity index (χ1) is 9.16.